The van der Waals surface area contributed by atoms with Gasteiger partial charge in [-0.3, -0.25) is 0 Å². The van der Waals surface area contributed by atoms with E-state index in [2.05, 4.69) is 43.5 Å². The molecule has 0 radical (unpaired) electrons. The van der Waals surface area contributed by atoms with Crippen molar-refractivity contribution in [3.8, 4) is 11.5 Å². The van der Waals surface area contributed by atoms with E-state index in [4.69, 9.17) is 21.1 Å². The normalized spacial score (nSPS) is 18.2. The Morgan fingerprint density at radius 2 is 2.09 bits per heavy atom. The van der Waals surface area contributed by atoms with Crippen LogP contribution in [0, 0.1) is 17.7 Å². The van der Waals surface area contributed by atoms with Gasteiger partial charge in [0.1, 0.15) is 12.1 Å². The molecule has 1 aliphatic rings. The summed E-state index contributed by atoms with van der Waals surface area (Å²) in [6.07, 6.45) is 3.52. The number of anilines is 2. The molecule has 0 bridgehead atoms. The summed E-state index contributed by atoms with van der Waals surface area (Å²) in [4.78, 5) is 8.63. The first-order valence-electron chi connectivity index (χ1n) is 10.5. The van der Waals surface area contributed by atoms with Crippen molar-refractivity contribution < 1.29 is 13.9 Å². The second kappa shape index (κ2) is 10.2. The summed E-state index contributed by atoms with van der Waals surface area (Å²) in [6.45, 7) is 5.06. The second-order valence-electron chi connectivity index (χ2n) is 7.98. The maximum absolute atomic E-state index is 14.6. The van der Waals surface area contributed by atoms with Crippen molar-refractivity contribution in [3.63, 3.8) is 0 Å². The van der Waals surface area contributed by atoms with E-state index in [1.165, 1.54) is 6.33 Å². The summed E-state index contributed by atoms with van der Waals surface area (Å²) in [7, 11) is 1.59. The Morgan fingerprint density at radius 1 is 1.25 bits per heavy atom. The Morgan fingerprint density at radius 3 is 2.84 bits per heavy atom. The van der Waals surface area contributed by atoms with Gasteiger partial charge in [0.15, 0.2) is 17.3 Å². The molecule has 2 atom stereocenters. The number of halogens is 3. The highest BCUT2D eigenvalue weighted by atomic mass is 79.9. The van der Waals surface area contributed by atoms with Crippen LogP contribution in [0.15, 0.2) is 35.1 Å². The molecule has 2 heterocycles. The SMILES string of the molecule is COc1cc2c(Nc3ccc(Br)c(Cl)c3F)ncnc2cc1OCCC[C@H]1CNC[C@H]1C. The molecule has 1 aliphatic heterocycles. The van der Waals surface area contributed by atoms with Crippen molar-refractivity contribution in [3.05, 3.63) is 45.9 Å². The highest BCUT2D eigenvalue weighted by Crippen LogP contribution is 2.36. The minimum atomic E-state index is -0.563. The average molecular weight is 524 g/mol. The van der Waals surface area contributed by atoms with Gasteiger partial charge in [-0.25, -0.2) is 14.4 Å². The summed E-state index contributed by atoms with van der Waals surface area (Å²) < 4.78 is 26.6. The summed E-state index contributed by atoms with van der Waals surface area (Å²) in [5.41, 5.74) is 0.878. The predicted octanol–water partition coefficient (Wildman–Crippen LogP) is 5.95. The van der Waals surface area contributed by atoms with Crippen LogP contribution < -0.4 is 20.1 Å². The number of nitrogens with one attached hydrogen (secondary N) is 2. The number of hydrogen-bond acceptors (Lipinski definition) is 6. The van der Waals surface area contributed by atoms with E-state index in [1.54, 1.807) is 25.3 Å². The molecule has 2 N–H and O–H groups in total. The van der Waals surface area contributed by atoms with Gasteiger partial charge >= 0.3 is 0 Å². The number of rotatable bonds is 8. The lowest BCUT2D eigenvalue weighted by Gasteiger charge is -2.16. The number of hydrogen-bond donors (Lipinski definition) is 2. The molecule has 0 unspecified atom stereocenters. The van der Waals surface area contributed by atoms with E-state index < -0.39 is 5.82 Å². The van der Waals surface area contributed by atoms with Gasteiger partial charge in [-0.1, -0.05) is 18.5 Å². The Balaban J connectivity index is 1.52. The van der Waals surface area contributed by atoms with Crippen LogP contribution in [-0.2, 0) is 0 Å². The molecule has 1 fully saturated rings. The van der Waals surface area contributed by atoms with Crippen LogP contribution in [-0.4, -0.2) is 36.8 Å². The smallest absolute Gasteiger partial charge is 0.166 e. The first-order chi connectivity index (χ1) is 15.5. The van der Waals surface area contributed by atoms with Crippen LogP contribution >= 0.6 is 27.5 Å². The van der Waals surface area contributed by atoms with Crippen LogP contribution in [0.25, 0.3) is 10.9 Å². The summed E-state index contributed by atoms with van der Waals surface area (Å²) in [6, 6.07) is 6.89. The monoisotopic (exact) mass is 522 g/mol. The van der Waals surface area contributed by atoms with Gasteiger partial charge in [-0.15, -0.1) is 0 Å². The van der Waals surface area contributed by atoms with Crippen LogP contribution in [0.5, 0.6) is 11.5 Å². The Hall–Kier alpha value is -2.16. The van der Waals surface area contributed by atoms with E-state index in [0.29, 0.717) is 51.1 Å². The van der Waals surface area contributed by atoms with Crippen molar-refractivity contribution in [2.24, 2.45) is 11.8 Å². The highest BCUT2D eigenvalue weighted by Gasteiger charge is 2.22. The molecule has 0 aliphatic carbocycles. The minimum Gasteiger partial charge on any atom is -0.493 e. The van der Waals surface area contributed by atoms with Crippen molar-refractivity contribution in [1.82, 2.24) is 15.3 Å². The molecule has 1 saturated heterocycles. The molecule has 9 heteroatoms. The van der Waals surface area contributed by atoms with Gasteiger partial charge in [0.05, 0.1) is 29.9 Å². The largest absolute Gasteiger partial charge is 0.493 e. The third-order valence-corrected chi connectivity index (χ3v) is 7.12. The predicted molar refractivity (Wildman–Crippen MR) is 129 cm³/mol. The average Bonchev–Trinajstić information content (AvgIpc) is 3.21. The summed E-state index contributed by atoms with van der Waals surface area (Å²) in [5, 5.41) is 7.13. The molecule has 4 rings (SSSR count). The number of benzene rings is 2. The third kappa shape index (κ3) is 4.92. The standard InChI is InChI=1S/C23H25BrClFN4O2/c1-13-10-27-11-14(13)4-3-7-32-20-9-18-15(8-19(20)31-2)23(29-12-28-18)30-17-6-5-16(24)21(25)22(17)26/h5-6,8-9,12-14,27H,3-4,7,10-11H2,1-2H3,(H,28,29,30)/t13-,14+/m1/s1. The first kappa shape index (κ1) is 23.0. The van der Waals surface area contributed by atoms with Gasteiger partial charge in [-0.05, 0) is 71.9 Å². The zero-order chi connectivity index (χ0) is 22.7. The third-order valence-electron chi connectivity index (χ3n) is 5.86. The Labute approximate surface area is 200 Å². The molecule has 2 aromatic carbocycles. The molecule has 6 nitrogen and oxygen atoms in total. The zero-order valence-electron chi connectivity index (χ0n) is 17.9. The van der Waals surface area contributed by atoms with Gasteiger partial charge in [0.2, 0.25) is 0 Å². The summed E-state index contributed by atoms with van der Waals surface area (Å²) in [5.74, 6) is 2.48. The quantitative estimate of drug-likeness (QED) is 0.281. The minimum absolute atomic E-state index is 0.00408. The lowest BCUT2D eigenvalue weighted by Crippen LogP contribution is -2.11. The maximum Gasteiger partial charge on any atom is 0.166 e. The topological polar surface area (TPSA) is 68.3 Å². The van der Waals surface area contributed by atoms with Crippen molar-refractivity contribution in [2.45, 2.75) is 19.8 Å². The highest BCUT2D eigenvalue weighted by molar-refractivity contribution is 9.10. The molecule has 3 aromatic rings. The van der Waals surface area contributed by atoms with Crippen molar-refractivity contribution >= 4 is 49.9 Å². The van der Waals surface area contributed by atoms with Crippen LogP contribution in [0.4, 0.5) is 15.9 Å². The summed E-state index contributed by atoms with van der Waals surface area (Å²) >= 11 is 9.23. The van der Waals surface area contributed by atoms with E-state index in [1.807, 2.05) is 6.07 Å². The second-order valence-corrected chi connectivity index (χ2v) is 9.21. The molecule has 1 aromatic heterocycles. The number of nitrogens with zero attached hydrogens (tertiary/aromatic N) is 2. The number of methoxy groups -OCH3 is 1. The van der Waals surface area contributed by atoms with Crippen LogP contribution in [0.1, 0.15) is 19.8 Å². The molecule has 0 amide bonds. The van der Waals surface area contributed by atoms with Gasteiger partial charge in [-0.2, -0.15) is 0 Å². The number of ether oxygens (including phenoxy) is 2. The Kier molecular flexibility index (Phi) is 7.33. The van der Waals surface area contributed by atoms with E-state index in [0.717, 1.165) is 25.9 Å². The Bertz CT molecular complexity index is 1120. The lowest BCUT2D eigenvalue weighted by atomic mass is 9.93. The molecular formula is C23H25BrClFN4O2. The molecule has 170 valence electrons. The van der Waals surface area contributed by atoms with Crippen LogP contribution in [0.3, 0.4) is 0 Å². The molecule has 0 saturated carbocycles. The fraction of sp³-hybridized carbons (Fsp3) is 0.391. The van der Waals surface area contributed by atoms with Gasteiger partial charge < -0.3 is 20.1 Å². The van der Waals surface area contributed by atoms with Gasteiger partial charge in [0.25, 0.3) is 0 Å². The lowest BCUT2D eigenvalue weighted by molar-refractivity contribution is 0.271. The fourth-order valence-corrected chi connectivity index (χ4v) is 4.44. The van der Waals surface area contributed by atoms with E-state index in [-0.39, 0.29) is 10.7 Å². The molecular weight excluding hydrogens is 499 g/mol. The van der Waals surface area contributed by atoms with E-state index in [9.17, 15) is 4.39 Å². The fourth-order valence-electron chi connectivity index (χ4n) is 3.96. The van der Waals surface area contributed by atoms with E-state index >= 15 is 0 Å². The van der Waals surface area contributed by atoms with Crippen molar-refractivity contribution in [1.29, 1.82) is 0 Å². The number of aromatic nitrogens is 2. The first-order valence-corrected chi connectivity index (χ1v) is 11.7. The van der Waals surface area contributed by atoms with Crippen molar-refractivity contribution in [2.75, 3.05) is 32.1 Å². The maximum atomic E-state index is 14.6. The molecule has 0 spiro atoms. The van der Waals surface area contributed by atoms with Gasteiger partial charge in [0, 0.05) is 15.9 Å². The molecule has 32 heavy (non-hydrogen) atoms. The zero-order valence-corrected chi connectivity index (χ0v) is 20.3. The van der Waals surface area contributed by atoms with Crippen LogP contribution in [0.2, 0.25) is 5.02 Å². The number of fused-ring (bicyclic) bond motifs is 1.